The van der Waals surface area contributed by atoms with Crippen LogP contribution in [0.4, 0.5) is 0 Å². The summed E-state index contributed by atoms with van der Waals surface area (Å²) in [5, 5.41) is 13.3. The third-order valence-corrected chi connectivity index (χ3v) is 5.11. The number of amides is 1. The van der Waals surface area contributed by atoms with Crippen molar-refractivity contribution < 1.29 is 9.90 Å². The maximum Gasteiger partial charge on any atom is 0.240 e. The van der Waals surface area contributed by atoms with E-state index in [0.29, 0.717) is 12.5 Å². The van der Waals surface area contributed by atoms with Gasteiger partial charge in [-0.2, -0.15) is 0 Å². The minimum absolute atomic E-state index is 0.0134. The van der Waals surface area contributed by atoms with Crippen LogP contribution in [0.25, 0.3) is 0 Å². The molecule has 1 saturated heterocycles. The third-order valence-electron chi connectivity index (χ3n) is 5.11. The number of nitrogens with zero attached hydrogens (tertiary/aromatic N) is 1. The second-order valence-electron chi connectivity index (χ2n) is 7.04. The molecule has 0 radical (unpaired) electrons. The summed E-state index contributed by atoms with van der Waals surface area (Å²) in [6.07, 6.45) is 3.31. The van der Waals surface area contributed by atoms with E-state index in [0.717, 1.165) is 50.9 Å². The van der Waals surface area contributed by atoms with Crippen LogP contribution in [0, 0.1) is 5.92 Å². The van der Waals surface area contributed by atoms with Gasteiger partial charge < -0.3 is 21.1 Å². The van der Waals surface area contributed by atoms with Gasteiger partial charge >= 0.3 is 0 Å². The first kappa shape index (κ1) is 16.4. The molecule has 1 atom stereocenters. The van der Waals surface area contributed by atoms with Crippen molar-refractivity contribution >= 4 is 5.91 Å². The number of benzene rings is 1. The van der Waals surface area contributed by atoms with Gasteiger partial charge in [0.05, 0.1) is 11.6 Å². The molecule has 0 bridgehead atoms. The van der Waals surface area contributed by atoms with Gasteiger partial charge in [0.15, 0.2) is 0 Å². The second kappa shape index (κ2) is 6.99. The lowest BCUT2D eigenvalue weighted by Crippen LogP contribution is -2.46. The minimum Gasteiger partial charge on any atom is -0.387 e. The van der Waals surface area contributed by atoms with E-state index in [1.807, 2.05) is 30.3 Å². The molecule has 3 rings (SSSR count). The largest absolute Gasteiger partial charge is 0.387 e. The predicted octanol–water partition coefficient (Wildman–Crippen LogP) is 1.04. The summed E-state index contributed by atoms with van der Waals surface area (Å²) in [6, 6.07) is 9.80. The van der Waals surface area contributed by atoms with Crippen LogP contribution in [0.3, 0.4) is 0 Å². The Labute approximate surface area is 137 Å². The first-order valence-corrected chi connectivity index (χ1v) is 8.59. The van der Waals surface area contributed by atoms with Crippen LogP contribution in [0.5, 0.6) is 0 Å². The molecule has 23 heavy (non-hydrogen) atoms. The Balaban J connectivity index is 1.37. The molecular weight excluding hydrogens is 290 g/mol. The standard InChI is InChI=1S/C18H27N3O2/c19-18(8-9-18)17(23)20-12-14-6-10-21(11-7-14)13-16(22)15-4-2-1-3-5-15/h1-5,14,16,22H,6-13,19H2,(H,20,23). The molecule has 5 heteroatoms. The number of hydrogen-bond acceptors (Lipinski definition) is 4. The highest BCUT2D eigenvalue weighted by molar-refractivity contribution is 5.88. The SMILES string of the molecule is NC1(C(=O)NCC2CCN(CC(O)c3ccccc3)CC2)CC1. The number of aliphatic hydroxyl groups is 1. The summed E-state index contributed by atoms with van der Waals surface area (Å²) < 4.78 is 0. The Bertz CT molecular complexity index is 522. The Morgan fingerprint density at radius 2 is 1.96 bits per heavy atom. The molecule has 1 unspecified atom stereocenters. The zero-order valence-electron chi connectivity index (χ0n) is 13.6. The molecule has 1 saturated carbocycles. The fourth-order valence-electron chi connectivity index (χ4n) is 3.17. The van der Waals surface area contributed by atoms with E-state index in [1.165, 1.54) is 0 Å². The summed E-state index contributed by atoms with van der Waals surface area (Å²) in [6.45, 7) is 3.35. The van der Waals surface area contributed by atoms with Crippen LogP contribution >= 0.6 is 0 Å². The second-order valence-corrected chi connectivity index (χ2v) is 7.04. The average Bonchev–Trinajstić information content (AvgIpc) is 3.33. The van der Waals surface area contributed by atoms with Gasteiger partial charge in [-0.05, 0) is 50.3 Å². The number of β-amino-alcohol motifs (C(OH)–C–C–N with tert-alkyl or cyclic N) is 1. The molecule has 2 fully saturated rings. The lowest BCUT2D eigenvalue weighted by atomic mass is 9.96. The van der Waals surface area contributed by atoms with E-state index in [9.17, 15) is 9.90 Å². The fraction of sp³-hybridized carbons (Fsp3) is 0.611. The normalized spacial score (nSPS) is 22.5. The Hall–Kier alpha value is -1.43. The van der Waals surface area contributed by atoms with Crippen molar-refractivity contribution in [1.29, 1.82) is 0 Å². The Kier molecular flexibility index (Phi) is 4.99. The monoisotopic (exact) mass is 317 g/mol. The van der Waals surface area contributed by atoms with Gasteiger partial charge in [-0.25, -0.2) is 0 Å². The molecule has 2 aliphatic rings. The molecule has 5 nitrogen and oxygen atoms in total. The molecule has 0 aromatic heterocycles. The maximum atomic E-state index is 11.9. The van der Waals surface area contributed by atoms with Crippen molar-refractivity contribution in [3.05, 3.63) is 35.9 Å². The molecule has 4 N–H and O–H groups in total. The molecular formula is C18H27N3O2. The Morgan fingerprint density at radius 1 is 1.30 bits per heavy atom. The van der Waals surface area contributed by atoms with Gasteiger partial charge in [0.1, 0.15) is 0 Å². The number of nitrogens with one attached hydrogen (secondary N) is 1. The van der Waals surface area contributed by atoms with E-state index >= 15 is 0 Å². The quantitative estimate of drug-likeness (QED) is 0.732. The average molecular weight is 317 g/mol. The summed E-state index contributed by atoms with van der Waals surface area (Å²) in [7, 11) is 0. The van der Waals surface area contributed by atoms with Gasteiger partial charge in [0.25, 0.3) is 0 Å². The molecule has 1 amide bonds. The highest BCUT2D eigenvalue weighted by atomic mass is 16.3. The van der Waals surface area contributed by atoms with Crippen LogP contribution in [0.1, 0.15) is 37.4 Å². The highest BCUT2D eigenvalue weighted by Gasteiger charge is 2.45. The first-order valence-electron chi connectivity index (χ1n) is 8.59. The number of aliphatic hydroxyl groups excluding tert-OH is 1. The van der Waals surface area contributed by atoms with Crippen molar-refractivity contribution in [1.82, 2.24) is 10.2 Å². The van der Waals surface area contributed by atoms with E-state index < -0.39 is 11.6 Å². The Morgan fingerprint density at radius 3 is 2.57 bits per heavy atom. The first-order chi connectivity index (χ1) is 11.1. The van der Waals surface area contributed by atoms with Crippen LogP contribution in [-0.4, -0.2) is 47.6 Å². The lowest BCUT2D eigenvalue weighted by molar-refractivity contribution is -0.123. The number of carbonyl (C=O) groups is 1. The van der Waals surface area contributed by atoms with Crippen molar-refractivity contribution in [2.24, 2.45) is 11.7 Å². The summed E-state index contributed by atoms with van der Waals surface area (Å²) in [5.74, 6) is 0.533. The molecule has 126 valence electrons. The van der Waals surface area contributed by atoms with Gasteiger partial charge in [-0.1, -0.05) is 30.3 Å². The van der Waals surface area contributed by atoms with Crippen molar-refractivity contribution in [2.75, 3.05) is 26.2 Å². The number of nitrogens with two attached hydrogens (primary N) is 1. The number of piperidine rings is 1. The van der Waals surface area contributed by atoms with Gasteiger partial charge in [0.2, 0.25) is 5.91 Å². The van der Waals surface area contributed by atoms with Crippen molar-refractivity contribution in [3.63, 3.8) is 0 Å². The van der Waals surface area contributed by atoms with Crippen LogP contribution in [0.15, 0.2) is 30.3 Å². The summed E-state index contributed by atoms with van der Waals surface area (Å²) in [5.41, 5.74) is 6.29. The van der Waals surface area contributed by atoms with Crippen LogP contribution < -0.4 is 11.1 Å². The number of carbonyl (C=O) groups excluding carboxylic acids is 1. The zero-order chi connectivity index (χ0) is 16.3. The maximum absolute atomic E-state index is 11.9. The molecule has 1 aliphatic carbocycles. The molecule has 1 heterocycles. The van der Waals surface area contributed by atoms with Crippen molar-refractivity contribution in [2.45, 2.75) is 37.3 Å². The molecule has 1 aromatic rings. The van der Waals surface area contributed by atoms with Crippen LogP contribution in [-0.2, 0) is 4.79 Å². The van der Waals surface area contributed by atoms with Crippen molar-refractivity contribution in [3.8, 4) is 0 Å². The van der Waals surface area contributed by atoms with Gasteiger partial charge in [-0.15, -0.1) is 0 Å². The molecule has 0 spiro atoms. The predicted molar refractivity (Wildman–Crippen MR) is 89.7 cm³/mol. The van der Waals surface area contributed by atoms with E-state index in [2.05, 4.69) is 10.2 Å². The highest BCUT2D eigenvalue weighted by Crippen LogP contribution is 2.32. The smallest absolute Gasteiger partial charge is 0.240 e. The topological polar surface area (TPSA) is 78.6 Å². The number of hydrogen-bond donors (Lipinski definition) is 3. The molecule has 1 aliphatic heterocycles. The number of rotatable bonds is 6. The van der Waals surface area contributed by atoms with Gasteiger partial charge in [0, 0.05) is 13.1 Å². The molecule has 1 aromatic carbocycles. The number of likely N-dealkylation sites (tertiary alicyclic amines) is 1. The fourth-order valence-corrected chi connectivity index (χ4v) is 3.17. The van der Waals surface area contributed by atoms with E-state index in [-0.39, 0.29) is 5.91 Å². The lowest BCUT2D eigenvalue weighted by Gasteiger charge is -2.33. The summed E-state index contributed by atoms with van der Waals surface area (Å²) >= 11 is 0. The third kappa shape index (κ3) is 4.31. The van der Waals surface area contributed by atoms with E-state index in [1.54, 1.807) is 0 Å². The minimum atomic E-state index is -0.569. The summed E-state index contributed by atoms with van der Waals surface area (Å²) in [4.78, 5) is 14.2. The van der Waals surface area contributed by atoms with Gasteiger partial charge in [-0.3, -0.25) is 4.79 Å². The zero-order valence-corrected chi connectivity index (χ0v) is 13.6. The van der Waals surface area contributed by atoms with Crippen LogP contribution in [0.2, 0.25) is 0 Å². The van der Waals surface area contributed by atoms with E-state index in [4.69, 9.17) is 5.73 Å².